The Labute approximate surface area is 295 Å². The minimum absolute atomic E-state index is 0.0509. The molecule has 3 fully saturated rings. The number of pyridine rings is 1. The fourth-order valence-electron chi connectivity index (χ4n) is 8.09. The fourth-order valence-corrected chi connectivity index (χ4v) is 8.09. The van der Waals surface area contributed by atoms with Crippen LogP contribution in [0.25, 0.3) is 5.52 Å². The molecule has 2 amide bonds. The fraction of sp³-hybridized carbons (Fsp3) is 0.615. The summed E-state index contributed by atoms with van der Waals surface area (Å²) >= 11 is 0. The molecular weight excluding hydrogens is 635 g/mol. The molecule has 0 unspecified atom stereocenters. The van der Waals surface area contributed by atoms with E-state index in [2.05, 4.69) is 41.0 Å². The lowest BCUT2D eigenvalue weighted by atomic mass is 9.90. The van der Waals surface area contributed by atoms with Crippen LogP contribution in [0, 0.1) is 5.82 Å². The lowest BCUT2D eigenvalue weighted by Crippen LogP contribution is -2.64. The van der Waals surface area contributed by atoms with Crippen molar-refractivity contribution in [2.75, 3.05) is 57.4 Å². The molecule has 0 radical (unpaired) electrons. The average Bonchev–Trinajstić information content (AvgIpc) is 3.73. The van der Waals surface area contributed by atoms with Crippen LogP contribution in [0.2, 0.25) is 0 Å². The number of ether oxygens (including phenoxy) is 2. The maximum Gasteiger partial charge on any atom is 0.410 e. The molecule has 0 bridgehead atoms. The van der Waals surface area contributed by atoms with Crippen LogP contribution < -0.4 is 4.90 Å². The number of morpholine rings is 1. The smallest absolute Gasteiger partial charge is 0.410 e. The Kier molecular flexibility index (Phi) is 9.22. The summed E-state index contributed by atoms with van der Waals surface area (Å²) in [7, 11) is 0. The third-order valence-corrected chi connectivity index (χ3v) is 10.8. The number of amides is 2. The minimum Gasteiger partial charge on any atom is -0.444 e. The third kappa shape index (κ3) is 7.01. The van der Waals surface area contributed by atoms with Gasteiger partial charge in [-0.05, 0) is 83.2 Å². The molecule has 270 valence electrons. The Bertz CT molecular complexity index is 1750. The molecule has 11 heteroatoms. The second-order valence-electron chi connectivity index (χ2n) is 16.7. The monoisotopic (exact) mass is 688 g/mol. The molecule has 2 aromatic heterocycles. The van der Waals surface area contributed by atoms with Crippen LogP contribution in [0.15, 0.2) is 36.5 Å². The number of hydrogen-bond acceptors (Lipinski definition) is 7. The first-order chi connectivity index (χ1) is 23.7. The predicted octanol–water partition coefficient (Wildman–Crippen LogP) is 5.60. The van der Waals surface area contributed by atoms with Crippen LogP contribution in [0.5, 0.6) is 0 Å². The summed E-state index contributed by atoms with van der Waals surface area (Å²) in [4.78, 5) is 41.5. The molecule has 1 aromatic carbocycles. The number of benzene rings is 1. The van der Waals surface area contributed by atoms with Crippen molar-refractivity contribution >= 4 is 23.2 Å². The quantitative estimate of drug-likeness (QED) is 0.320. The van der Waals surface area contributed by atoms with Gasteiger partial charge in [0, 0.05) is 62.2 Å². The molecule has 50 heavy (non-hydrogen) atoms. The number of rotatable bonds is 7. The first kappa shape index (κ1) is 34.9. The van der Waals surface area contributed by atoms with Gasteiger partial charge in [-0.3, -0.25) is 19.0 Å². The van der Waals surface area contributed by atoms with Crippen molar-refractivity contribution in [3.8, 4) is 0 Å². The van der Waals surface area contributed by atoms with E-state index in [9.17, 15) is 14.0 Å². The number of imidazole rings is 1. The largest absolute Gasteiger partial charge is 0.444 e. The van der Waals surface area contributed by atoms with E-state index in [1.807, 2.05) is 55.8 Å². The normalized spacial score (nSPS) is 24.5. The van der Waals surface area contributed by atoms with Crippen LogP contribution in [0.3, 0.4) is 0 Å². The standard InChI is InChI=1S/C39H53FN6O4/c1-25-19-43(31(20-42-14-15-49-23-26(42)2)21-44(25)37(48)50-38(3,4)5)22-34(47)45-24-39(6,7)35-32(45)17-29(16-27-8-12-30(40)13-9-27)33-18-41-36(46(33)35)28-10-11-28/h8-9,12-13,17-18,25-26,28,31H,10-11,14-16,19-24H2,1-7H3/t25-,26-,31+/m1/s1. The third-order valence-electron chi connectivity index (χ3n) is 10.8. The highest BCUT2D eigenvalue weighted by Gasteiger charge is 2.44. The Morgan fingerprint density at radius 1 is 1.06 bits per heavy atom. The topological polar surface area (TPSA) is 82.9 Å². The maximum atomic E-state index is 14.7. The van der Waals surface area contributed by atoms with Crippen molar-refractivity contribution in [1.29, 1.82) is 0 Å². The molecule has 5 heterocycles. The number of carbonyl (C=O) groups is 2. The van der Waals surface area contributed by atoms with Crippen LogP contribution in [0.4, 0.5) is 14.9 Å². The average molecular weight is 689 g/mol. The van der Waals surface area contributed by atoms with E-state index in [4.69, 9.17) is 14.5 Å². The van der Waals surface area contributed by atoms with E-state index >= 15 is 0 Å². The molecule has 1 aliphatic carbocycles. The second-order valence-corrected chi connectivity index (χ2v) is 16.7. The number of fused-ring (bicyclic) bond motifs is 3. The Balaban J connectivity index is 1.21. The summed E-state index contributed by atoms with van der Waals surface area (Å²) in [6, 6.07) is 8.92. The predicted molar refractivity (Wildman–Crippen MR) is 191 cm³/mol. The van der Waals surface area contributed by atoms with Crippen LogP contribution >= 0.6 is 0 Å². The zero-order chi connectivity index (χ0) is 35.5. The van der Waals surface area contributed by atoms with Crippen molar-refractivity contribution in [2.24, 2.45) is 0 Å². The van der Waals surface area contributed by atoms with E-state index in [0.29, 0.717) is 45.2 Å². The van der Waals surface area contributed by atoms with Crippen molar-refractivity contribution < 1.29 is 23.5 Å². The molecule has 1 saturated carbocycles. The zero-order valence-corrected chi connectivity index (χ0v) is 30.7. The Morgan fingerprint density at radius 2 is 1.80 bits per heavy atom. The zero-order valence-electron chi connectivity index (χ0n) is 30.7. The van der Waals surface area contributed by atoms with Gasteiger partial charge in [0.2, 0.25) is 5.91 Å². The van der Waals surface area contributed by atoms with Gasteiger partial charge in [0.1, 0.15) is 17.2 Å². The molecule has 0 spiro atoms. The summed E-state index contributed by atoms with van der Waals surface area (Å²) in [6.07, 6.45) is 4.52. The second kappa shape index (κ2) is 13.2. The molecule has 3 aliphatic heterocycles. The molecule has 10 nitrogen and oxygen atoms in total. The highest BCUT2D eigenvalue weighted by atomic mass is 19.1. The van der Waals surface area contributed by atoms with E-state index in [1.165, 1.54) is 12.1 Å². The van der Waals surface area contributed by atoms with Gasteiger partial charge < -0.3 is 19.3 Å². The van der Waals surface area contributed by atoms with Crippen LogP contribution in [-0.4, -0.2) is 112 Å². The Hall–Kier alpha value is -3.54. The molecule has 3 aromatic rings. The van der Waals surface area contributed by atoms with Gasteiger partial charge in [-0.25, -0.2) is 14.2 Å². The number of aromatic nitrogens is 2. The van der Waals surface area contributed by atoms with Crippen molar-refractivity contribution in [2.45, 2.75) is 103 Å². The molecular formula is C39H53FN6O4. The summed E-state index contributed by atoms with van der Waals surface area (Å²) in [5.41, 5.74) is 4.31. The van der Waals surface area contributed by atoms with E-state index in [0.717, 1.165) is 59.8 Å². The van der Waals surface area contributed by atoms with Gasteiger partial charge in [-0.2, -0.15) is 0 Å². The minimum atomic E-state index is -0.594. The number of nitrogens with zero attached hydrogens (tertiary/aromatic N) is 6. The molecule has 4 aliphatic rings. The first-order valence-electron chi connectivity index (χ1n) is 18.3. The van der Waals surface area contributed by atoms with E-state index < -0.39 is 5.60 Å². The molecule has 0 N–H and O–H groups in total. The van der Waals surface area contributed by atoms with E-state index in [1.54, 1.807) is 0 Å². The lowest BCUT2D eigenvalue weighted by Gasteiger charge is -2.47. The summed E-state index contributed by atoms with van der Waals surface area (Å²) in [5.74, 6) is 1.30. The summed E-state index contributed by atoms with van der Waals surface area (Å²) in [6.45, 7) is 19.1. The Morgan fingerprint density at radius 3 is 2.48 bits per heavy atom. The van der Waals surface area contributed by atoms with Crippen molar-refractivity contribution in [3.05, 3.63) is 65.0 Å². The lowest BCUT2D eigenvalue weighted by molar-refractivity contribution is -0.121. The SMILES string of the molecule is C[C@@H]1COCCN1C[C@H]1CN(C(=O)OC(C)(C)C)[C@H](C)CN1CC(=O)N1CC(C)(C)c2c1cc(Cc1ccc(F)cc1)c1cnc(C3CC3)n21. The van der Waals surface area contributed by atoms with Gasteiger partial charge in [0.15, 0.2) is 0 Å². The summed E-state index contributed by atoms with van der Waals surface area (Å²) < 4.78 is 27.7. The van der Waals surface area contributed by atoms with Gasteiger partial charge >= 0.3 is 6.09 Å². The highest BCUT2D eigenvalue weighted by Crippen LogP contribution is 2.47. The number of hydrogen-bond donors (Lipinski definition) is 0. The van der Waals surface area contributed by atoms with Gasteiger partial charge in [0.05, 0.1) is 42.9 Å². The summed E-state index contributed by atoms with van der Waals surface area (Å²) in [5, 5.41) is 0. The number of piperazine rings is 1. The highest BCUT2D eigenvalue weighted by molar-refractivity contribution is 5.98. The number of anilines is 1. The number of carbonyl (C=O) groups excluding carboxylic acids is 2. The van der Waals surface area contributed by atoms with Gasteiger partial charge in [0.25, 0.3) is 0 Å². The van der Waals surface area contributed by atoms with Crippen molar-refractivity contribution in [1.82, 2.24) is 24.1 Å². The number of halogens is 1. The van der Waals surface area contributed by atoms with Crippen LogP contribution in [0.1, 0.15) is 89.9 Å². The van der Waals surface area contributed by atoms with Crippen LogP contribution in [-0.2, 0) is 26.1 Å². The molecule has 2 saturated heterocycles. The maximum absolute atomic E-state index is 14.7. The molecule has 3 atom stereocenters. The van der Waals surface area contributed by atoms with E-state index in [-0.39, 0.29) is 47.9 Å². The molecule has 7 rings (SSSR count). The van der Waals surface area contributed by atoms with Gasteiger partial charge in [-0.15, -0.1) is 0 Å². The van der Waals surface area contributed by atoms with Gasteiger partial charge in [-0.1, -0.05) is 26.0 Å². The first-order valence-corrected chi connectivity index (χ1v) is 18.3. The van der Waals surface area contributed by atoms with Crippen molar-refractivity contribution in [3.63, 3.8) is 0 Å².